The van der Waals surface area contributed by atoms with Gasteiger partial charge in [0.05, 0.1) is 5.56 Å². The van der Waals surface area contributed by atoms with Crippen molar-refractivity contribution < 1.29 is 9.13 Å². The lowest BCUT2D eigenvalue weighted by Gasteiger charge is -2.13. The van der Waals surface area contributed by atoms with Crippen LogP contribution in [0.2, 0.25) is 0 Å². The monoisotopic (exact) mass is 287 g/mol. The number of hydrogen-bond donors (Lipinski definition) is 1. The van der Waals surface area contributed by atoms with E-state index in [1.165, 1.54) is 6.07 Å². The summed E-state index contributed by atoms with van der Waals surface area (Å²) in [6, 6.07) is 4.79. The van der Waals surface area contributed by atoms with Crippen LogP contribution in [0, 0.1) is 19.7 Å². The molecule has 1 aliphatic rings. The second kappa shape index (κ2) is 5.31. The van der Waals surface area contributed by atoms with Gasteiger partial charge in [0.2, 0.25) is 5.88 Å². The fraction of sp³-hybridized carbons (Fsp3) is 0.375. The van der Waals surface area contributed by atoms with E-state index >= 15 is 0 Å². The van der Waals surface area contributed by atoms with Gasteiger partial charge in [-0.15, -0.1) is 0 Å². The summed E-state index contributed by atoms with van der Waals surface area (Å²) in [6.45, 7) is 3.76. The summed E-state index contributed by atoms with van der Waals surface area (Å²) in [7, 11) is 1.81. The molecule has 0 saturated heterocycles. The second-order valence-corrected chi connectivity index (χ2v) is 5.42. The molecule has 0 spiro atoms. The molecule has 1 aliphatic carbocycles. The van der Waals surface area contributed by atoms with Gasteiger partial charge in [0.25, 0.3) is 0 Å². The van der Waals surface area contributed by atoms with Crippen LogP contribution < -0.4 is 10.1 Å². The van der Waals surface area contributed by atoms with Gasteiger partial charge in [0, 0.05) is 13.0 Å². The maximum Gasteiger partial charge on any atom is 0.227 e. The summed E-state index contributed by atoms with van der Waals surface area (Å²) >= 11 is 0. The van der Waals surface area contributed by atoms with E-state index in [2.05, 4.69) is 15.3 Å². The summed E-state index contributed by atoms with van der Waals surface area (Å²) in [4.78, 5) is 8.97. The molecule has 1 aromatic carbocycles. The smallest absolute Gasteiger partial charge is 0.227 e. The summed E-state index contributed by atoms with van der Waals surface area (Å²) in [5, 5.41) is 3.05. The fourth-order valence-corrected chi connectivity index (χ4v) is 2.17. The van der Waals surface area contributed by atoms with Crippen molar-refractivity contribution in [2.24, 2.45) is 0 Å². The molecular weight excluding hydrogens is 269 g/mol. The first-order valence-electron chi connectivity index (χ1n) is 7.08. The second-order valence-electron chi connectivity index (χ2n) is 5.42. The molecule has 0 atom stereocenters. The Morgan fingerprint density at radius 2 is 2.00 bits per heavy atom. The van der Waals surface area contributed by atoms with Gasteiger partial charge in [-0.25, -0.2) is 9.37 Å². The Balaban J connectivity index is 2.00. The molecule has 1 saturated carbocycles. The van der Waals surface area contributed by atoms with Crippen LogP contribution >= 0.6 is 0 Å². The highest BCUT2D eigenvalue weighted by Crippen LogP contribution is 2.40. The van der Waals surface area contributed by atoms with Crippen LogP contribution in [0.1, 0.15) is 35.7 Å². The highest BCUT2D eigenvalue weighted by Gasteiger charge is 2.28. The summed E-state index contributed by atoms with van der Waals surface area (Å²) in [5.41, 5.74) is 1.72. The molecule has 5 heteroatoms. The number of rotatable bonds is 4. The molecule has 1 fully saturated rings. The van der Waals surface area contributed by atoms with Gasteiger partial charge in [-0.2, -0.15) is 4.98 Å². The Morgan fingerprint density at radius 1 is 1.24 bits per heavy atom. The molecule has 21 heavy (non-hydrogen) atoms. The molecule has 110 valence electrons. The molecule has 1 aromatic heterocycles. The maximum absolute atomic E-state index is 13.9. The van der Waals surface area contributed by atoms with Crippen molar-refractivity contribution in [2.45, 2.75) is 32.6 Å². The van der Waals surface area contributed by atoms with Crippen LogP contribution in [0.3, 0.4) is 0 Å². The van der Waals surface area contributed by atoms with Crippen molar-refractivity contribution in [1.29, 1.82) is 0 Å². The van der Waals surface area contributed by atoms with Gasteiger partial charge in [0.15, 0.2) is 11.6 Å². The minimum atomic E-state index is -0.391. The van der Waals surface area contributed by atoms with E-state index in [4.69, 9.17) is 4.74 Å². The van der Waals surface area contributed by atoms with Gasteiger partial charge in [-0.3, -0.25) is 0 Å². The van der Waals surface area contributed by atoms with E-state index in [0.29, 0.717) is 11.8 Å². The first kappa shape index (κ1) is 13.8. The maximum atomic E-state index is 13.9. The number of ether oxygens (including phenoxy) is 1. The predicted octanol–water partition coefficient (Wildman–Crippen LogP) is 3.94. The molecule has 2 aromatic rings. The number of benzene rings is 1. The zero-order valence-corrected chi connectivity index (χ0v) is 12.4. The van der Waals surface area contributed by atoms with Crippen molar-refractivity contribution >= 4 is 5.82 Å². The Hall–Kier alpha value is -2.17. The molecular formula is C16H18FN3O. The lowest BCUT2D eigenvalue weighted by Crippen LogP contribution is -2.05. The van der Waals surface area contributed by atoms with Gasteiger partial charge in [-0.05, 0) is 44.4 Å². The average molecular weight is 287 g/mol. The van der Waals surface area contributed by atoms with Gasteiger partial charge in [-0.1, -0.05) is 6.07 Å². The standard InChI is InChI=1S/C16H18FN3O/c1-9-4-7-12(17)13(8-9)21-16-10(2)14(18-3)19-15(20-16)11-5-6-11/h4,7-8,11H,5-6H2,1-3H3,(H,18,19,20). The first-order chi connectivity index (χ1) is 10.1. The highest BCUT2D eigenvalue weighted by molar-refractivity contribution is 5.50. The number of aromatic nitrogens is 2. The van der Waals surface area contributed by atoms with Crippen LogP contribution in [-0.2, 0) is 0 Å². The normalized spacial score (nSPS) is 14.1. The molecule has 0 unspecified atom stereocenters. The molecule has 0 amide bonds. The van der Waals surface area contributed by atoms with E-state index in [1.807, 2.05) is 20.9 Å². The van der Waals surface area contributed by atoms with E-state index in [9.17, 15) is 4.39 Å². The third-order valence-corrected chi connectivity index (χ3v) is 3.59. The number of nitrogens with one attached hydrogen (secondary N) is 1. The van der Waals surface area contributed by atoms with Gasteiger partial charge in [0.1, 0.15) is 11.6 Å². The van der Waals surface area contributed by atoms with Crippen molar-refractivity contribution in [3.63, 3.8) is 0 Å². The van der Waals surface area contributed by atoms with Gasteiger partial charge < -0.3 is 10.1 Å². The Labute approximate surface area is 123 Å². The Morgan fingerprint density at radius 3 is 2.67 bits per heavy atom. The topological polar surface area (TPSA) is 47.0 Å². The van der Waals surface area contributed by atoms with Crippen LogP contribution in [0.5, 0.6) is 11.6 Å². The Kier molecular flexibility index (Phi) is 3.49. The lowest BCUT2D eigenvalue weighted by molar-refractivity contribution is 0.421. The summed E-state index contributed by atoms with van der Waals surface area (Å²) in [5.74, 6) is 2.13. The molecule has 0 radical (unpaired) electrons. The average Bonchev–Trinajstić information content (AvgIpc) is 3.29. The van der Waals surface area contributed by atoms with Crippen LogP contribution in [-0.4, -0.2) is 17.0 Å². The summed E-state index contributed by atoms with van der Waals surface area (Å²) < 4.78 is 19.6. The largest absolute Gasteiger partial charge is 0.435 e. The minimum absolute atomic E-state index is 0.195. The third-order valence-electron chi connectivity index (χ3n) is 3.59. The number of halogens is 1. The van der Waals surface area contributed by atoms with Crippen LogP contribution in [0.25, 0.3) is 0 Å². The SMILES string of the molecule is CNc1nc(C2CC2)nc(Oc2cc(C)ccc2F)c1C. The fourth-order valence-electron chi connectivity index (χ4n) is 2.17. The quantitative estimate of drug-likeness (QED) is 0.925. The van der Waals surface area contributed by atoms with E-state index in [-0.39, 0.29) is 5.75 Å². The van der Waals surface area contributed by atoms with Crippen LogP contribution in [0.15, 0.2) is 18.2 Å². The first-order valence-corrected chi connectivity index (χ1v) is 7.08. The van der Waals surface area contributed by atoms with Crippen molar-refractivity contribution in [3.8, 4) is 11.6 Å². The van der Waals surface area contributed by atoms with E-state index in [1.54, 1.807) is 12.1 Å². The van der Waals surface area contributed by atoms with Crippen LogP contribution in [0.4, 0.5) is 10.2 Å². The van der Waals surface area contributed by atoms with Crippen molar-refractivity contribution in [1.82, 2.24) is 9.97 Å². The predicted molar refractivity (Wildman–Crippen MR) is 79.5 cm³/mol. The number of anilines is 1. The van der Waals surface area contributed by atoms with Crippen molar-refractivity contribution in [3.05, 3.63) is 41.0 Å². The molecule has 3 rings (SSSR count). The Bertz CT molecular complexity index is 683. The lowest BCUT2D eigenvalue weighted by atomic mass is 10.2. The zero-order chi connectivity index (χ0) is 15.0. The van der Waals surface area contributed by atoms with E-state index < -0.39 is 5.82 Å². The van der Waals surface area contributed by atoms with Gasteiger partial charge >= 0.3 is 0 Å². The highest BCUT2D eigenvalue weighted by atomic mass is 19.1. The molecule has 0 aliphatic heterocycles. The number of aryl methyl sites for hydroxylation is 1. The third kappa shape index (κ3) is 2.82. The van der Waals surface area contributed by atoms with E-state index in [0.717, 1.165) is 35.6 Å². The minimum Gasteiger partial charge on any atom is -0.435 e. The number of hydrogen-bond acceptors (Lipinski definition) is 4. The zero-order valence-electron chi connectivity index (χ0n) is 12.4. The molecule has 4 nitrogen and oxygen atoms in total. The van der Waals surface area contributed by atoms with Crippen molar-refractivity contribution in [2.75, 3.05) is 12.4 Å². The summed E-state index contributed by atoms with van der Waals surface area (Å²) in [6.07, 6.45) is 2.20. The molecule has 0 bridgehead atoms. The molecule has 1 heterocycles. The molecule has 1 N–H and O–H groups in total. The number of nitrogens with zero attached hydrogens (tertiary/aromatic N) is 2.